The van der Waals surface area contributed by atoms with Crippen LogP contribution in [0.1, 0.15) is 23.7 Å². The standard InChI is InChI=1S/C17H19N3O5.ClH/c1-3-24-17(22)11-10-18-19-15(11)25-14-8-9-20(16(14)21)12-6-4-5-7-13(12)23-2;/h4-7,10,14H,3,8-9H2,1-2H3,(H,18,19);1H. The lowest BCUT2D eigenvalue weighted by molar-refractivity contribution is -0.123. The van der Waals surface area contributed by atoms with Gasteiger partial charge >= 0.3 is 5.97 Å². The predicted molar refractivity (Wildman–Crippen MR) is 96.2 cm³/mol. The fraction of sp³-hybridized carbons (Fsp3) is 0.353. The van der Waals surface area contributed by atoms with Crippen molar-refractivity contribution in [1.82, 2.24) is 10.2 Å². The SMILES string of the molecule is CCOC(=O)c1cn[nH]c1OC1CCN(c2ccccc2OC)C1=O.Cl. The first-order chi connectivity index (χ1) is 12.2. The normalized spacial score (nSPS) is 16.2. The zero-order chi connectivity index (χ0) is 17.8. The van der Waals surface area contributed by atoms with Crippen LogP contribution in [0.2, 0.25) is 0 Å². The lowest BCUT2D eigenvalue weighted by atomic mass is 10.2. The van der Waals surface area contributed by atoms with Crippen LogP contribution in [0, 0.1) is 0 Å². The molecule has 1 atom stereocenters. The average Bonchev–Trinajstić information content (AvgIpc) is 3.23. The van der Waals surface area contributed by atoms with Crippen LogP contribution in [-0.2, 0) is 9.53 Å². The van der Waals surface area contributed by atoms with Gasteiger partial charge in [-0.2, -0.15) is 5.10 Å². The topological polar surface area (TPSA) is 93.8 Å². The van der Waals surface area contributed by atoms with E-state index in [-0.39, 0.29) is 36.4 Å². The third-order valence-corrected chi connectivity index (χ3v) is 3.89. The molecule has 3 rings (SSSR count). The quantitative estimate of drug-likeness (QED) is 0.771. The Kier molecular flexibility index (Phi) is 6.46. The summed E-state index contributed by atoms with van der Waals surface area (Å²) in [6, 6.07) is 7.30. The first kappa shape index (κ1) is 19.6. The highest BCUT2D eigenvalue weighted by Gasteiger charge is 2.36. The minimum Gasteiger partial charge on any atom is -0.495 e. The van der Waals surface area contributed by atoms with Gasteiger partial charge in [0.2, 0.25) is 5.88 Å². The van der Waals surface area contributed by atoms with Crippen LogP contribution in [0.4, 0.5) is 5.69 Å². The molecule has 1 N–H and O–H groups in total. The number of methoxy groups -OCH3 is 1. The molecule has 1 aliphatic heterocycles. The first-order valence-corrected chi connectivity index (χ1v) is 7.97. The van der Waals surface area contributed by atoms with Gasteiger partial charge in [0.05, 0.1) is 25.6 Å². The van der Waals surface area contributed by atoms with Crippen molar-refractivity contribution in [3.8, 4) is 11.6 Å². The summed E-state index contributed by atoms with van der Waals surface area (Å²) in [5.41, 5.74) is 0.863. The third kappa shape index (κ3) is 3.75. The van der Waals surface area contributed by atoms with Gasteiger partial charge in [0.15, 0.2) is 6.10 Å². The zero-order valence-corrected chi connectivity index (χ0v) is 15.2. The molecule has 2 heterocycles. The summed E-state index contributed by atoms with van der Waals surface area (Å²) in [5.74, 6) is 0.0103. The molecular formula is C17H20ClN3O5. The lowest BCUT2D eigenvalue weighted by Gasteiger charge is -2.19. The summed E-state index contributed by atoms with van der Waals surface area (Å²) in [4.78, 5) is 26.2. The molecular weight excluding hydrogens is 362 g/mol. The second kappa shape index (κ2) is 8.57. The molecule has 26 heavy (non-hydrogen) atoms. The maximum Gasteiger partial charge on any atom is 0.345 e. The molecule has 0 bridgehead atoms. The Hall–Kier alpha value is -2.74. The number of hydrogen-bond acceptors (Lipinski definition) is 6. The molecule has 9 heteroatoms. The number of aromatic nitrogens is 2. The highest BCUT2D eigenvalue weighted by molar-refractivity contribution is 6.00. The van der Waals surface area contributed by atoms with Crippen LogP contribution in [0.5, 0.6) is 11.6 Å². The lowest BCUT2D eigenvalue weighted by Crippen LogP contribution is -2.32. The van der Waals surface area contributed by atoms with Crippen molar-refractivity contribution in [3.63, 3.8) is 0 Å². The van der Waals surface area contributed by atoms with Crippen molar-refractivity contribution in [2.45, 2.75) is 19.4 Å². The molecule has 0 spiro atoms. The third-order valence-electron chi connectivity index (χ3n) is 3.89. The van der Waals surface area contributed by atoms with Gasteiger partial charge in [-0.15, -0.1) is 12.4 Å². The molecule has 1 aromatic carbocycles. The number of hydrogen-bond donors (Lipinski definition) is 1. The average molecular weight is 382 g/mol. The zero-order valence-electron chi connectivity index (χ0n) is 14.4. The smallest absolute Gasteiger partial charge is 0.345 e. The number of aromatic amines is 1. The van der Waals surface area contributed by atoms with Crippen LogP contribution in [-0.4, -0.2) is 48.4 Å². The van der Waals surface area contributed by atoms with Gasteiger partial charge in [-0.3, -0.25) is 4.79 Å². The number of nitrogens with one attached hydrogen (secondary N) is 1. The number of para-hydroxylation sites is 2. The molecule has 1 amide bonds. The van der Waals surface area contributed by atoms with Crippen molar-refractivity contribution < 1.29 is 23.8 Å². The number of rotatable bonds is 6. The van der Waals surface area contributed by atoms with E-state index in [1.165, 1.54) is 6.20 Å². The number of nitrogens with zero attached hydrogens (tertiary/aromatic N) is 2. The van der Waals surface area contributed by atoms with E-state index < -0.39 is 12.1 Å². The van der Waals surface area contributed by atoms with Crippen LogP contribution in [0.3, 0.4) is 0 Å². The Balaban J connectivity index is 0.00000243. The molecule has 140 valence electrons. The van der Waals surface area contributed by atoms with Crippen LogP contribution >= 0.6 is 12.4 Å². The molecule has 0 radical (unpaired) electrons. The van der Waals surface area contributed by atoms with Crippen LogP contribution in [0.15, 0.2) is 30.5 Å². The molecule has 1 unspecified atom stereocenters. The fourth-order valence-corrected chi connectivity index (χ4v) is 2.72. The van der Waals surface area contributed by atoms with E-state index in [0.717, 1.165) is 0 Å². The Morgan fingerprint density at radius 3 is 2.88 bits per heavy atom. The number of ether oxygens (including phenoxy) is 3. The molecule has 1 aliphatic rings. The van der Waals surface area contributed by atoms with Crippen molar-refractivity contribution in [1.29, 1.82) is 0 Å². The Labute approximate surface area is 156 Å². The van der Waals surface area contributed by atoms with Crippen molar-refractivity contribution in [2.24, 2.45) is 0 Å². The maximum atomic E-state index is 12.7. The highest BCUT2D eigenvalue weighted by Crippen LogP contribution is 2.32. The van der Waals surface area contributed by atoms with E-state index >= 15 is 0 Å². The number of H-pyrrole nitrogens is 1. The Morgan fingerprint density at radius 1 is 1.38 bits per heavy atom. The molecule has 0 saturated carbocycles. The van der Waals surface area contributed by atoms with E-state index in [1.807, 2.05) is 18.2 Å². The number of carbonyl (C=O) groups is 2. The monoisotopic (exact) mass is 381 g/mol. The van der Waals surface area contributed by atoms with Crippen molar-refractivity contribution >= 4 is 30.0 Å². The van der Waals surface area contributed by atoms with Gasteiger partial charge in [0.1, 0.15) is 11.3 Å². The number of halogens is 1. The number of anilines is 1. The molecule has 1 aromatic heterocycles. The minimum absolute atomic E-state index is 0. The van der Waals surface area contributed by atoms with Gasteiger partial charge in [0.25, 0.3) is 5.91 Å². The molecule has 2 aromatic rings. The number of carbonyl (C=O) groups excluding carboxylic acids is 2. The van der Waals surface area contributed by atoms with Crippen LogP contribution < -0.4 is 14.4 Å². The van der Waals surface area contributed by atoms with Gasteiger partial charge in [-0.1, -0.05) is 12.1 Å². The Bertz CT molecular complexity index is 779. The van der Waals surface area contributed by atoms with Crippen molar-refractivity contribution in [2.75, 3.05) is 25.2 Å². The van der Waals surface area contributed by atoms with Gasteiger partial charge in [-0.05, 0) is 19.1 Å². The summed E-state index contributed by atoms with van der Waals surface area (Å²) in [7, 11) is 1.56. The first-order valence-electron chi connectivity index (χ1n) is 7.97. The summed E-state index contributed by atoms with van der Waals surface area (Å²) in [6.07, 6.45) is 1.10. The number of benzene rings is 1. The molecule has 0 aliphatic carbocycles. The van der Waals surface area contributed by atoms with Gasteiger partial charge < -0.3 is 19.1 Å². The van der Waals surface area contributed by atoms with Gasteiger partial charge in [0, 0.05) is 13.0 Å². The van der Waals surface area contributed by atoms with Crippen LogP contribution in [0.25, 0.3) is 0 Å². The second-order valence-corrected chi connectivity index (χ2v) is 5.39. The number of esters is 1. The minimum atomic E-state index is -0.710. The fourth-order valence-electron chi connectivity index (χ4n) is 2.72. The summed E-state index contributed by atoms with van der Waals surface area (Å²) < 4.78 is 16.0. The second-order valence-electron chi connectivity index (χ2n) is 5.39. The summed E-state index contributed by atoms with van der Waals surface area (Å²) in [5, 5.41) is 6.40. The van der Waals surface area contributed by atoms with E-state index in [1.54, 1.807) is 25.0 Å². The largest absolute Gasteiger partial charge is 0.495 e. The predicted octanol–water partition coefficient (Wildman–Crippen LogP) is 2.20. The maximum absolute atomic E-state index is 12.7. The van der Waals surface area contributed by atoms with E-state index in [4.69, 9.17) is 14.2 Å². The summed E-state index contributed by atoms with van der Waals surface area (Å²) >= 11 is 0. The number of amides is 1. The Morgan fingerprint density at radius 2 is 2.15 bits per heavy atom. The van der Waals surface area contributed by atoms with E-state index in [9.17, 15) is 9.59 Å². The molecule has 1 saturated heterocycles. The highest BCUT2D eigenvalue weighted by atomic mass is 35.5. The van der Waals surface area contributed by atoms with Crippen molar-refractivity contribution in [3.05, 3.63) is 36.0 Å². The molecule has 1 fully saturated rings. The summed E-state index contributed by atoms with van der Waals surface area (Å²) in [6.45, 7) is 2.45. The molecule has 8 nitrogen and oxygen atoms in total. The van der Waals surface area contributed by atoms with E-state index in [0.29, 0.717) is 24.4 Å². The van der Waals surface area contributed by atoms with E-state index in [2.05, 4.69) is 10.2 Å². The van der Waals surface area contributed by atoms with Gasteiger partial charge in [-0.25, -0.2) is 9.89 Å².